The van der Waals surface area contributed by atoms with E-state index < -0.39 is 6.04 Å². The minimum absolute atomic E-state index is 0.575. The Labute approximate surface area is 70.2 Å². The van der Waals surface area contributed by atoms with Crippen LogP contribution in [0.5, 0.6) is 0 Å². The number of nitrogens with two attached hydrogens (primary N) is 1. The fraction of sp³-hybridized carbons (Fsp3) is 0.125. The summed E-state index contributed by atoms with van der Waals surface area (Å²) in [5.74, 6) is 0. The Balaban J connectivity index is 2.98. The van der Waals surface area contributed by atoms with Gasteiger partial charge in [0.1, 0.15) is 6.04 Å². The lowest BCUT2D eigenvalue weighted by Crippen LogP contribution is -2.06. The zero-order valence-electron chi connectivity index (χ0n) is 5.79. The van der Waals surface area contributed by atoms with E-state index >= 15 is 0 Å². The molecule has 2 N–H and O–H groups in total. The van der Waals surface area contributed by atoms with Crippen molar-refractivity contribution in [3.05, 3.63) is 34.9 Å². The molecule has 0 bridgehead atoms. The highest BCUT2D eigenvalue weighted by Gasteiger charge is 2.02. The highest BCUT2D eigenvalue weighted by atomic mass is 35.5. The van der Waals surface area contributed by atoms with Gasteiger partial charge >= 0.3 is 0 Å². The molecule has 11 heavy (non-hydrogen) atoms. The lowest BCUT2D eigenvalue weighted by molar-refractivity contribution is 0.926. The third-order valence-electron chi connectivity index (χ3n) is 1.35. The molecule has 0 unspecified atom stereocenters. The molecule has 2 nitrogen and oxygen atoms in total. The number of benzene rings is 1. The van der Waals surface area contributed by atoms with E-state index in [9.17, 15) is 0 Å². The molecule has 0 radical (unpaired) electrons. The maximum absolute atomic E-state index is 8.46. The number of halogens is 1. The summed E-state index contributed by atoms with van der Waals surface area (Å²) in [6.07, 6.45) is 0. The van der Waals surface area contributed by atoms with Crippen molar-refractivity contribution in [2.75, 3.05) is 0 Å². The summed E-state index contributed by atoms with van der Waals surface area (Å²) in [6, 6.07) is 8.34. The van der Waals surface area contributed by atoms with E-state index in [1.165, 1.54) is 0 Å². The Morgan fingerprint density at radius 3 is 2.82 bits per heavy atom. The average molecular weight is 167 g/mol. The summed E-state index contributed by atoms with van der Waals surface area (Å²) >= 11 is 5.68. The summed E-state index contributed by atoms with van der Waals surface area (Å²) in [5, 5.41) is 9.07. The molecule has 0 saturated carbocycles. The minimum atomic E-state index is -0.575. The van der Waals surface area contributed by atoms with E-state index in [0.29, 0.717) is 5.02 Å². The molecule has 56 valence electrons. The first-order valence-corrected chi connectivity index (χ1v) is 3.52. The van der Waals surface area contributed by atoms with Crippen LogP contribution in [-0.4, -0.2) is 0 Å². The molecule has 0 spiro atoms. The number of nitrogens with zero attached hydrogens (tertiary/aromatic N) is 1. The lowest BCUT2D eigenvalue weighted by atomic mass is 10.1. The lowest BCUT2D eigenvalue weighted by Gasteiger charge is -2.01. The van der Waals surface area contributed by atoms with Gasteiger partial charge in [-0.3, -0.25) is 0 Å². The number of hydrogen-bond acceptors (Lipinski definition) is 2. The van der Waals surface area contributed by atoms with Crippen LogP contribution < -0.4 is 5.73 Å². The molecule has 1 aromatic rings. The van der Waals surface area contributed by atoms with Gasteiger partial charge in [-0.2, -0.15) is 5.26 Å². The van der Waals surface area contributed by atoms with Gasteiger partial charge in [0.15, 0.2) is 0 Å². The van der Waals surface area contributed by atoms with Crippen LogP contribution in [0.25, 0.3) is 0 Å². The molecule has 0 heterocycles. The van der Waals surface area contributed by atoms with Crippen molar-refractivity contribution < 1.29 is 0 Å². The van der Waals surface area contributed by atoms with E-state index in [4.69, 9.17) is 22.6 Å². The Hall–Kier alpha value is -1.04. The Morgan fingerprint density at radius 1 is 1.55 bits per heavy atom. The van der Waals surface area contributed by atoms with Gasteiger partial charge in [0, 0.05) is 5.02 Å². The Kier molecular flexibility index (Phi) is 2.48. The smallest absolute Gasteiger partial charge is 0.118 e. The third-order valence-corrected chi connectivity index (χ3v) is 1.58. The van der Waals surface area contributed by atoms with Gasteiger partial charge < -0.3 is 5.73 Å². The molecule has 0 fully saturated rings. The Morgan fingerprint density at radius 2 is 2.27 bits per heavy atom. The zero-order chi connectivity index (χ0) is 8.27. The quantitative estimate of drug-likeness (QED) is 0.693. The molecule has 0 aliphatic heterocycles. The molecule has 1 atom stereocenters. The molecule has 1 aromatic carbocycles. The maximum Gasteiger partial charge on any atom is 0.118 e. The van der Waals surface area contributed by atoms with Crippen LogP contribution in [0.4, 0.5) is 0 Å². The van der Waals surface area contributed by atoms with Gasteiger partial charge in [-0.1, -0.05) is 23.7 Å². The molecule has 3 heteroatoms. The van der Waals surface area contributed by atoms with Crippen molar-refractivity contribution in [3.63, 3.8) is 0 Å². The number of nitriles is 1. The second kappa shape index (κ2) is 3.38. The SMILES string of the molecule is N#C[C@H](N)c1cccc(Cl)c1. The molecule has 0 aromatic heterocycles. The molecule has 0 saturated heterocycles. The van der Waals surface area contributed by atoms with E-state index in [1.54, 1.807) is 24.3 Å². The van der Waals surface area contributed by atoms with Gasteiger partial charge in [-0.25, -0.2) is 0 Å². The maximum atomic E-state index is 8.46. The molecule has 0 aliphatic carbocycles. The van der Waals surface area contributed by atoms with Crippen LogP contribution in [-0.2, 0) is 0 Å². The fourth-order valence-electron chi connectivity index (χ4n) is 0.775. The van der Waals surface area contributed by atoms with Gasteiger partial charge in [-0.15, -0.1) is 0 Å². The highest BCUT2D eigenvalue weighted by molar-refractivity contribution is 6.30. The first kappa shape index (κ1) is 8.06. The molecule has 0 aliphatic rings. The standard InChI is InChI=1S/C8H7ClN2/c9-7-3-1-2-6(4-7)8(11)5-10/h1-4,8H,11H2/t8-/m0/s1. The van der Waals surface area contributed by atoms with Gasteiger partial charge in [-0.05, 0) is 17.7 Å². The van der Waals surface area contributed by atoms with Crippen LogP contribution in [0.15, 0.2) is 24.3 Å². The van der Waals surface area contributed by atoms with Crippen LogP contribution in [0.1, 0.15) is 11.6 Å². The van der Waals surface area contributed by atoms with Crippen LogP contribution >= 0.6 is 11.6 Å². The van der Waals surface area contributed by atoms with E-state index in [0.717, 1.165) is 5.56 Å². The van der Waals surface area contributed by atoms with E-state index in [-0.39, 0.29) is 0 Å². The topological polar surface area (TPSA) is 49.8 Å². The van der Waals surface area contributed by atoms with Crippen molar-refractivity contribution >= 4 is 11.6 Å². The number of rotatable bonds is 1. The predicted octanol–water partition coefficient (Wildman–Crippen LogP) is 1.86. The minimum Gasteiger partial charge on any atom is -0.312 e. The molecular weight excluding hydrogens is 160 g/mol. The van der Waals surface area contributed by atoms with E-state index in [1.807, 2.05) is 6.07 Å². The normalized spacial score (nSPS) is 12.1. The summed E-state index contributed by atoms with van der Waals surface area (Å²) in [4.78, 5) is 0. The zero-order valence-corrected chi connectivity index (χ0v) is 6.55. The van der Waals surface area contributed by atoms with E-state index in [2.05, 4.69) is 0 Å². The monoisotopic (exact) mass is 166 g/mol. The second-order valence-corrected chi connectivity index (χ2v) is 2.60. The van der Waals surface area contributed by atoms with Crippen molar-refractivity contribution in [3.8, 4) is 6.07 Å². The molecule has 0 amide bonds. The molecular formula is C8H7ClN2. The molecule has 1 rings (SSSR count). The average Bonchev–Trinajstić information content (AvgIpc) is 2.03. The third kappa shape index (κ3) is 1.94. The van der Waals surface area contributed by atoms with Gasteiger partial charge in [0.05, 0.1) is 6.07 Å². The second-order valence-electron chi connectivity index (χ2n) is 2.16. The summed E-state index contributed by atoms with van der Waals surface area (Å²) < 4.78 is 0. The van der Waals surface area contributed by atoms with Crippen LogP contribution in [0.3, 0.4) is 0 Å². The first-order chi connectivity index (χ1) is 5.24. The Bertz CT molecular complexity index is 290. The van der Waals surface area contributed by atoms with Gasteiger partial charge in [0.2, 0.25) is 0 Å². The summed E-state index contributed by atoms with van der Waals surface area (Å²) in [7, 11) is 0. The van der Waals surface area contributed by atoms with Crippen LogP contribution in [0, 0.1) is 11.3 Å². The predicted molar refractivity (Wildman–Crippen MR) is 44.0 cm³/mol. The van der Waals surface area contributed by atoms with Crippen molar-refractivity contribution in [2.24, 2.45) is 5.73 Å². The fourth-order valence-corrected chi connectivity index (χ4v) is 0.973. The first-order valence-electron chi connectivity index (χ1n) is 3.14. The number of hydrogen-bond donors (Lipinski definition) is 1. The van der Waals surface area contributed by atoms with Gasteiger partial charge in [0.25, 0.3) is 0 Å². The summed E-state index contributed by atoms with van der Waals surface area (Å²) in [5.41, 5.74) is 6.19. The largest absolute Gasteiger partial charge is 0.312 e. The highest BCUT2D eigenvalue weighted by Crippen LogP contribution is 2.14. The van der Waals surface area contributed by atoms with Crippen molar-refractivity contribution in [1.82, 2.24) is 0 Å². The van der Waals surface area contributed by atoms with Crippen molar-refractivity contribution in [2.45, 2.75) is 6.04 Å². The van der Waals surface area contributed by atoms with Crippen LogP contribution in [0.2, 0.25) is 5.02 Å². The van der Waals surface area contributed by atoms with Crippen molar-refractivity contribution in [1.29, 1.82) is 5.26 Å². The summed E-state index contributed by atoms with van der Waals surface area (Å²) in [6.45, 7) is 0.